The van der Waals surface area contributed by atoms with Gasteiger partial charge in [0.1, 0.15) is 0 Å². The summed E-state index contributed by atoms with van der Waals surface area (Å²) in [7, 11) is 0. The lowest BCUT2D eigenvalue weighted by Crippen LogP contribution is -2.50. The molecule has 0 unspecified atom stereocenters. The number of anilines is 1. The van der Waals surface area contributed by atoms with Crippen LogP contribution in [-0.2, 0) is 0 Å². The molecule has 2 rings (SSSR count). The van der Waals surface area contributed by atoms with Crippen LogP contribution in [0.25, 0.3) is 0 Å². The second kappa shape index (κ2) is 6.08. The summed E-state index contributed by atoms with van der Waals surface area (Å²) in [5.41, 5.74) is 3.47. The number of carbonyl (C=O) groups is 1. The smallest absolute Gasteiger partial charge is 0.319 e. The molecule has 1 fully saturated rings. The van der Waals surface area contributed by atoms with E-state index >= 15 is 0 Å². The lowest BCUT2D eigenvalue weighted by molar-refractivity contribution is -0.0193. The van der Waals surface area contributed by atoms with Gasteiger partial charge >= 0.3 is 6.03 Å². The molecule has 1 saturated carbocycles. The minimum Gasteiger partial charge on any atom is -0.338 e. The van der Waals surface area contributed by atoms with Crippen molar-refractivity contribution in [3.63, 3.8) is 0 Å². The highest BCUT2D eigenvalue weighted by Crippen LogP contribution is 2.52. The number of carbonyl (C=O) groups excluding carboxylic acids is 1. The highest BCUT2D eigenvalue weighted by Gasteiger charge is 2.46. The number of para-hydroxylation sites is 1. The van der Waals surface area contributed by atoms with Crippen LogP contribution >= 0.6 is 0 Å². The van der Waals surface area contributed by atoms with Crippen molar-refractivity contribution >= 4 is 11.7 Å². The maximum Gasteiger partial charge on any atom is 0.319 e. The Morgan fingerprint density at radius 3 is 2.38 bits per heavy atom. The van der Waals surface area contributed by atoms with Crippen molar-refractivity contribution in [2.24, 2.45) is 17.3 Å². The number of benzene rings is 1. The molecule has 1 aromatic rings. The van der Waals surface area contributed by atoms with Crippen LogP contribution in [0, 0.1) is 31.1 Å². The molecule has 116 valence electrons. The molecule has 0 saturated heterocycles. The number of hydrogen-bond donors (Lipinski definition) is 2. The van der Waals surface area contributed by atoms with E-state index in [1.54, 1.807) is 0 Å². The van der Waals surface area contributed by atoms with E-state index in [2.05, 4.69) is 31.4 Å². The Kier molecular flexibility index (Phi) is 4.60. The maximum atomic E-state index is 12.1. The van der Waals surface area contributed by atoms with Crippen LogP contribution in [0.3, 0.4) is 0 Å². The molecule has 1 aliphatic carbocycles. The first-order chi connectivity index (χ1) is 9.86. The number of amides is 2. The SMILES string of the molecule is CC[C@@H]1C[C@@H](CNC(=O)Nc2c(C)cccc2C)C1(C)C. The van der Waals surface area contributed by atoms with Crippen molar-refractivity contribution < 1.29 is 4.79 Å². The average Bonchev–Trinajstić information content (AvgIpc) is 2.42. The summed E-state index contributed by atoms with van der Waals surface area (Å²) in [6, 6.07) is 5.95. The van der Waals surface area contributed by atoms with Gasteiger partial charge in [0.05, 0.1) is 0 Å². The first kappa shape index (κ1) is 15.9. The summed E-state index contributed by atoms with van der Waals surface area (Å²) in [4.78, 5) is 12.1. The largest absolute Gasteiger partial charge is 0.338 e. The molecule has 0 bridgehead atoms. The summed E-state index contributed by atoms with van der Waals surface area (Å²) in [6.07, 6.45) is 2.46. The Bertz CT molecular complexity index is 502. The summed E-state index contributed by atoms with van der Waals surface area (Å²) in [5.74, 6) is 1.39. The van der Waals surface area contributed by atoms with E-state index in [1.165, 1.54) is 12.8 Å². The predicted molar refractivity (Wildman–Crippen MR) is 88.6 cm³/mol. The van der Waals surface area contributed by atoms with Gasteiger partial charge in [0, 0.05) is 12.2 Å². The molecule has 21 heavy (non-hydrogen) atoms. The van der Waals surface area contributed by atoms with E-state index in [4.69, 9.17) is 0 Å². The molecule has 0 radical (unpaired) electrons. The quantitative estimate of drug-likeness (QED) is 0.841. The zero-order valence-corrected chi connectivity index (χ0v) is 13.9. The second-order valence-electron chi connectivity index (χ2n) is 6.96. The molecule has 2 N–H and O–H groups in total. The van der Waals surface area contributed by atoms with E-state index in [-0.39, 0.29) is 6.03 Å². The molecular formula is C18H28N2O. The zero-order valence-electron chi connectivity index (χ0n) is 13.9. The monoisotopic (exact) mass is 288 g/mol. The van der Waals surface area contributed by atoms with Crippen molar-refractivity contribution in [3.8, 4) is 0 Å². The Hall–Kier alpha value is -1.51. The van der Waals surface area contributed by atoms with Crippen LogP contribution in [0.15, 0.2) is 18.2 Å². The van der Waals surface area contributed by atoms with Gasteiger partial charge in [-0.1, -0.05) is 45.4 Å². The molecule has 0 heterocycles. The second-order valence-corrected chi connectivity index (χ2v) is 6.96. The highest BCUT2D eigenvalue weighted by molar-refractivity contribution is 5.90. The first-order valence-corrected chi connectivity index (χ1v) is 7.97. The Balaban J connectivity index is 1.87. The molecule has 0 aromatic heterocycles. The van der Waals surface area contributed by atoms with Crippen molar-refractivity contribution in [1.29, 1.82) is 0 Å². The molecule has 2 atom stereocenters. The molecule has 3 heteroatoms. The van der Waals surface area contributed by atoms with Gasteiger partial charge in [-0.15, -0.1) is 0 Å². The molecule has 0 aliphatic heterocycles. The fraction of sp³-hybridized carbons (Fsp3) is 0.611. The molecule has 2 amide bonds. The Morgan fingerprint density at radius 2 is 1.86 bits per heavy atom. The van der Waals surface area contributed by atoms with Crippen LogP contribution in [0.2, 0.25) is 0 Å². The van der Waals surface area contributed by atoms with E-state index in [1.807, 2.05) is 32.0 Å². The van der Waals surface area contributed by atoms with Crippen LogP contribution in [0.5, 0.6) is 0 Å². The highest BCUT2D eigenvalue weighted by atomic mass is 16.2. The van der Waals surface area contributed by atoms with Gasteiger partial charge in [-0.2, -0.15) is 0 Å². The van der Waals surface area contributed by atoms with Gasteiger partial charge in [-0.05, 0) is 48.6 Å². The summed E-state index contributed by atoms with van der Waals surface area (Å²) in [5, 5.41) is 6.02. The zero-order chi connectivity index (χ0) is 15.6. The van der Waals surface area contributed by atoms with Crippen LogP contribution in [0.4, 0.5) is 10.5 Å². The summed E-state index contributed by atoms with van der Waals surface area (Å²) >= 11 is 0. The lowest BCUT2D eigenvalue weighted by atomic mass is 9.54. The number of rotatable bonds is 4. The maximum absolute atomic E-state index is 12.1. The third-order valence-corrected chi connectivity index (χ3v) is 5.39. The molecule has 1 aromatic carbocycles. The predicted octanol–water partition coefficient (Wildman–Crippen LogP) is 4.50. The van der Waals surface area contributed by atoms with Crippen LogP contribution in [-0.4, -0.2) is 12.6 Å². The Morgan fingerprint density at radius 1 is 1.24 bits per heavy atom. The third-order valence-electron chi connectivity index (χ3n) is 5.39. The standard InChI is InChI=1S/C18H28N2O/c1-6-14-10-15(18(14,4)5)11-19-17(21)20-16-12(2)8-7-9-13(16)3/h7-9,14-15H,6,10-11H2,1-5H3,(H2,19,20,21)/t14-,15+/m1/s1. The Labute approximate surface area is 128 Å². The topological polar surface area (TPSA) is 41.1 Å². The van der Waals surface area contributed by atoms with Gasteiger partial charge in [0.25, 0.3) is 0 Å². The van der Waals surface area contributed by atoms with E-state index in [9.17, 15) is 4.79 Å². The lowest BCUT2D eigenvalue weighted by Gasteiger charge is -2.52. The molecule has 1 aliphatic rings. The van der Waals surface area contributed by atoms with E-state index in [0.717, 1.165) is 29.3 Å². The van der Waals surface area contributed by atoms with Crippen LogP contribution < -0.4 is 10.6 Å². The third kappa shape index (κ3) is 3.22. The normalized spacial score (nSPS) is 23.3. The minimum absolute atomic E-state index is 0.0943. The first-order valence-electron chi connectivity index (χ1n) is 7.97. The van der Waals surface area contributed by atoms with Gasteiger partial charge in [-0.25, -0.2) is 4.79 Å². The number of aryl methyl sites for hydroxylation is 2. The van der Waals surface area contributed by atoms with E-state index < -0.39 is 0 Å². The van der Waals surface area contributed by atoms with Crippen molar-refractivity contribution in [2.45, 2.75) is 47.5 Å². The fourth-order valence-corrected chi connectivity index (χ4v) is 3.55. The van der Waals surface area contributed by atoms with Gasteiger partial charge < -0.3 is 10.6 Å². The minimum atomic E-state index is -0.0943. The summed E-state index contributed by atoms with van der Waals surface area (Å²) in [6.45, 7) is 11.7. The van der Waals surface area contributed by atoms with Crippen molar-refractivity contribution in [2.75, 3.05) is 11.9 Å². The molecular weight excluding hydrogens is 260 g/mol. The van der Waals surface area contributed by atoms with Gasteiger partial charge in [-0.3, -0.25) is 0 Å². The van der Waals surface area contributed by atoms with E-state index in [0.29, 0.717) is 11.3 Å². The number of nitrogens with one attached hydrogen (secondary N) is 2. The molecule has 0 spiro atoms. The number of urea groups is 1. The van der Waals surface area contributed by atoms with Gasteiger partial charge in [0.15, 0.2) is 0 Å². The van der Waals surface area contributed by atoms with Crippen LogP contribution in [0.1, 0.15) is 44.7 Å². The molecule has 3 nitrogen and oxygen atoms in total. The summed E-state index contributed by atoms with van der Waals surface area (Å²) < 4.78 is 0. The van der Waals surface area contributed by atoms with Gasteiger partial charge in [0.2, 0.25) is 0 Å². The number of hydrogen-bond acceptors (Lipinski definition) is 1. The van der Waals surface area contributed by atoms with Crippen molar-refractivity contribution in [3.05, 3.63) is 29.3 Å². The average molecular weight is 288 g/mol. The fourth-order valence-electron chi connectivity index (χ4n) is 3.55. The van der Waals surface area contributed by atoms with Crippen molar-refractivity contribution in [1.82, 2.24) is 5.32 Å².